The molecule has 0 heterocycles. The summed E-state index contributed by atoms with van der Waals surface area (Å²) in [6, 6.07) is 2.51. The second-order valence-electron chi connectivity index (χ2n) is 4.37. The van der Waals surface area contributed by atoms with Crippen molar-refractivity contribution in [2.75, 3.05) is 26.8 Å². The van der Waals surface area contributed by atoms with Gasteiger partial charge in [0.2, 0.25) is 10.0 Å². The van der Waals surface area contributed by atoms with E-state index in [0.29, 0.717) is 0 Å². The standard InChI is InChI=1S/C13H18ClNO5S/c1-4-15(5-6-20-3)21(18,19)12-8-10(14)7-11(9(12)2)13(16)17/h7-8H,4-6H2,1-3H3,(H,16,17). The van der Waals surface area contributed by atoms with E-state index in [-0.39, 0.29) is 40.7 Å². The highest BCUT2D eigenvalue weighted by atomic mass is 35.5. The van der Waals surface area contributed by atoms with Crippen LogP contribution in [0.2, 0.25) is 5.02 Å². The van der Waals surface area contributed by atoms with Crippen molar-refractivity contribution in [3.8, 4) is 0 Å². The first-order valence-corrected chi connectivity index (χ1v) is 8.10. The molecule has 0 saturated carbocycles. The number of ether oxygens (including phenoxy) is 1. The average Bonchev–Trinajstić information content (AvgIpc) is 2.41. The van der Waals surface area contributed by atoms with Crippen LogP contribution in [0, 0.1) is 6.92 Å². The molecule has 0 amide bonds. The van der Waals surface area contributed by atoms with E-state index in [1.807, 2.05) is 0 Å². The van der Waals surface area contributed by atoms with Gasteiger partial charge in [0.05, 0.1) is 17.1 Å². The van der Waals surface area contributed by atoms with Gasteiger partial charge in [-0.2, -0.15) is 4.31 Å². The summed E-state index contributed by atoms with van der Waals surface area (Å²) in [5, 5.41) is 9.20. The molecule has 0 aromatic heterocycles. The van der Waals surface area contributed by atoms with E-state index in [4.69, 9.17) is 21.4 Å². The zero-order chi connectivity index (χ0) is 16.2. The number of sulfonamides is 1. The van der Waals surface area contributed by atoms with E-state index in [2.05, 4.69) is 0 Å². The average molecular weight is 336 g/mol. The van der Waals surface area contributed by atoms with Gasteiger partial charge in [-0.25, -0.2) is 13.2 Å². The summed E-state index contributed by atoms with van der Waals surface area (Å²) in [6.07, 6.45) is 0. The number of rotatable bonds is 7. The molecule has 118 valence electrons. The van der Waals surface area contributed by atoms with Crippen molar-refractivity contribution in [3.63, 3.8) is 0 Å². The van der Waals surface area contributed by atoms with Crippen LogP contribution >= 0.6 is 11.6 Å². The van der Waals surface area contributed by atoms with Crippen molar-refractivity contribution in [1.29, 1.82) is 0 Å². The Bertz CT molecular complexity index is 630. The third kappa shape index (κ3) is 3.94. The van der Waals surface area contributed by atoms with Gasteiger partial charge in [-0.05, 0) is 24.6 Å². The van der Waals surface area contributed by atoms with Crippen molar-refractivity contribution in [1.82, 2.24) is 4.31 Å². The molecule has 21 heavy (non-hydrogen) atoms. The van der Waals surface area contributed by atoms with Gasteiger partial charge in [-0.1, -0.05) is 18.5 Å². The third-order valence-electron chi connectivity index (χ3n) is 3.07. The lowest BCUT2D eigenvalue weighted by Gasteiger charge is -2.22. The van der Waals surface area contributed by atoms with Gasteiger partial charge >= 0.3 is 5.97 Å². The highest BCUT2D eigenvalue weighted by Crippen LogP contribution is 2.27. The molecular weight excluding hydrogens is 318 g/mol. The van der Waals surface area contributed by atoms with Crippen LogP contribution in [-0.4, -0.2) is 50.6 Å². The molecular formula is C13H18ClNO5S. The fourth-order valence-electron chi connectivity index (χ4n) is 1.92. The molecule has 0 spiro atoms. The predicted molar refractivity (Wildman–Crippen MR) is 79.5 cm³/mol. The summed E-state index contributed by atoms with van der Waals surface area (Å²) >= 11 is 5.85. The largest absolute Gasteiger partial charge is 0.478 e. The number of methoxy groups -OCH3 is 1. The summed E-state index contributed by atoms with van der Waals surface area (Å²) in [6.45, 7) is 3.84. The first-order valence-electron chi connectivity index (χ1n) is 6.28. The number of carboxylic acids is 1. The lowest BCUT2D eigenvalue weighted by Crippen LogP contribution is -2.34. The molecule has 0 aliphatic heterocycles. The minimum atomic E-state index is -3.83. The van der Waals surface area contributed by atoms with Gasteiger partial charge in [-0.3, -0.25) is 0 Å². The van der Waals surface area contributed by atoms with Crippen molar-refractivity contribution < 1.29 is 23.1 Å². The number of nitrogens with zero attached hydrogens (tertiary/aromatic N) is 1. The lowest BCUT2D eigenvalue weighted by molar-refractivity contribution is 0.0695. The Hall–Kier alpha value is -1.15. The molecule has 1 aromatic carbocycles. The van der Waals surface area contributed by atoms with E-state index >= 15 is 0 Å². The van der Waals surface area contributed by atoms with E-state index in [1.54, 1.807) is 6.92 Å². The summed E-state index contributed by atoms with van der Waals surface area (Å²) < 4.78 is 31.4. The van der Waals surface area contributed by atoms with E-state index in [0.717, 1.165) is 0 Å². The van der Waals surface area contributed by atoms with Crippen molar-refractivity contribution in [3.05, 3.63) is 28.3 Å². The van der Waals surface area contributed by atoms with Gasteiger partial charge in [0.1, 0.15) is 0 Å². The Kier molecular flexibility index (Phi) is 6.15. The molecule has 0 saturated heterocycles. The van der Waals surface area contributed by atoms with Crippen molar-refractivity contribution in [2.24, 2.45) is 0 Å². The molecule has 1 rings (SSSR count). The molecule has 0 radical (unpaired) electrons. The molecule has 0 fully saturated rings. The highest BCUT2D eigenvalue weighted by Gasteiger charge is 2.27. The summed E-state index contributed by atoms with van der Waals surface area (Å²) in [4.78, 5) is 11.1. The molecule has 1 N–H and O–H groups in total. The number of likely N-dealkylation sites (N-methyl/N-ethyl adjacent to an activating group) is 1. The first-order chi connectivity index (χ1) is 9.75. The Morgan fingerprint density at radius 2 is 2.05 bits per heavy atom. The third-order valence-corrected chi connectivity index (χ3v) is 5.39. The number of aromatic carboxylic acids is 1. The second-order valence-corrected chi connectivity index (χ2v) is 6.71. The number of carbonyl (C=O) groups is 1. The van der Waals surface area contributed by atoms with E-state index in [9.17, 15) is 13.2 Å². The maximum absolute atomic E-state index is 12.6. The number of halogens is 1. The summed E-state index contributed by atoms with van der Waals surface area (Å²) in [5.74, 6) is -1.22. The summed E-state index contributed by atoms with van der Waals surface area (Å²) in [7, 11) is -2.35. The SMILES string of the molecule is CCN(CCOC)S(=O)(=O)c1cc(Cl)cc(C(=O)O)c1C. The molecule has 1 aromatic rings. The first kappa shape index (κ1) is 17.9. The van der Waals surface area contributed by atoms with Gasteiger partial charge in [0.25, 0.3) is 0 Å². The number of hydrogen-bond acceptors (Lipinski definition) is 4. The molecule has 8 heteroatoms. The van der Waals surface area contributed by atoms with E-state index in [1.165, 1.54) is 30.5 Å². The van der Waals surface area contributed by atoms with Gasteiger partial charge in [0, 0.05) is 25.2 Å². The van der Waals surface area contributed by atoms with Gasteiger partial charge in [-0.15, -0.1) is 0 Å². The minimum Gasteiger partial charge on any atom is -0.478 e. The van der Waals surface area contributed by atoms with Crippen LogP contribution in [0.4, 0.5) is 0 Å². The molecule has 0 aliphatic rings. The summed E-state index contributed by atoms with van der Waals surface area (Å²) in [5.41, 5.74) is 0.0478. The minimum absolute atomic E-state index is 0.0689. The van der Waals surface area contributed by atoms with Crippen molar-refractivity contribution in [2.45, 2.75) is 18.7 Å². The van der Waals surface area contributed by atoms with Crippen LogP contribution in [0.3, 0.4) is 0 Å². The second kappa shape index (κ2) is 7.22. The lowest BCUT2D eigenvalue weighted by atomic mass is 10.1. The Morgan fingerprint density at radius 1 is 1.43 bits per heavy atom. The fourth-order valence-corrected chi connectivity index (χ4v) is 3.91. The quantitative estimate of drug-likeness (QED) is 0.824. The molecule has 6 nitrogen and oxygen atoms in total. The number of carboxylic acid groups (broad SMARTS) is 1. The van der Waals surface area contributed by atoms with Crippen LogP contribution in [0.1, 0.15) is 22.8 Å². The van der Waals surface area contributed by atoms with Crippen LogP contribution in [0.5, 0.6) is 0 Å². The maximum atomic E-state index is 12.6. The van der Waals surface area contributed by atoms with Crippen LogP contribution in [-0.2, 0) is 14.8 Å². The van der Waals surface area contributed by atoms with Crippen LogP contribution in [0.25, 0.3) is 0 Å². The van der Waals surface area contributed by atoms with Crippen LogP contribution in [0.15, 0.2) is 17.0 Å². The Balaban J connectivity index is 3.40. The smallest absolute Gasteiger partial charge is 0.336 e. The maximum Gasteiger partial charge on any atom is 0.336 e. The zero-order valence-corrected chi connectivity index (χ0v) is 13.7. The number of hydrogen-bond donors (Lipinski definition) is 1. The Labute approximate surface area is 129 Å². The fraction of sp³-hybridized carbons (Fsp3) is 0.462. The van der Waals surface area contributed by atoms with Crippen molar-refractivity contribution >= 4 is 27.6 Å². The zero-order valence-electron chi connectivity index (χ0n) is 12.1. The van der Waals surface area contributed by atoms with Gasteiger partial charge in [0.15, 0.2) is 0 Å². The molecule has 0 aliphatic carbocycles. The van der Waals surface area contributed by atoms with Gasteiger partial charge < -0.3 is 9.84 Å². The number of benzene rings is 1. The topological polar surface area (TPSA) is 83.9 Å². The van der Waals surface area contributed by atoms with Crippen LogP contribution < -0.4 is 0 Å². The monoisotopic (exact) mass is 335 g/mol. The molecule has 0 unspecified atom stereocenters. The Morgan fingerprint density at radius 3 is 2.52 bits per heavy atom. The highest BCUT2D eigenvalue weighted by molar-refractivity contribution is 7.89. The molecule has 0 bridgehead atoms. The molecule has 0 atom stereocenters. The normalized spacial score (nSPS) is 11.9. The predicted octanol–water partition coefficient (Wildman–Crippen LogP) is 2.00. The van der Waals surface area contributed by atoms with E-state index < -0.39 is 16.0 Å².